The second-order valence-corrected chi connectivity index (χ2v) is 5.90. The Bertz CT molecular complexity index is 489. The normalized spacial score (nSPS) is 28.9. The Balaban J connectivity index is 1.94. The van der Waals surface area contributed by atoms with E-state index in [9.17, 15) is 9.59 Å². The summed E-state index contributed by atoms with van der Waals surface area (Å²) in [6.07, 6.45) is 2.38. The minimum atomic E-state index is -0.179. The zero-order chi connectivity index (χ0) is 12.9. The van der Waals surface area contributed by atoms with E-state index in [4.69, 9.17) is 5.73 Å². The van der Waals surface area contributed by atoms with Gasteiger partial charge in [0.1, 0.15) is 0 Å². The molecule has 1 saturated heterocycles. The van der Waals surface area contributed by atoms with E-state index in [1.54, 1.807) is 0 Å². The van der Waals surface area contributed by atoms with Crippen LogP contribution in [-0.4, -0.2) is 16.8 Å². The third kappa shape index (κ3) is 1.67. The molecule has 18 heavy (non-hydrogen) atoms. The zero-order valence-corrected chi connectivity index (χ0v) is 10.9. The molecule has 0 radical (unpaired) electrons. The van der Waals surface area contributed by atoms with Crippen molar-refractivity contribution < 1.29 is 9.59 Å². The van der Waals surface area contributed by atoms with Crippen LogP contribution in [0.2, 0.25) is 0 Å². The van der Waals surface area contributed by atoms with Gasteiger partial charge in [-0.2, -0.15) is 0 Å². The number of rotatable bonds is 2. The standard InChI is InChI=1S/C12H15N3O2S/c1-6(13)9-5-18-12(14-9)15-10(16)7-2-3-8(4-7)11(15)17/h5-8H,2-4,13H2,1H3. The number of aromatic nitrogens is 1. The first-order valence-corrected chi connectivity index (χ1v) is 7.04. The van der Waals surface area contributed by atoms with E-state index in [0.717, 1.165) is 25.0 Å². The Morgan fingerprint density at radius 1 is 1.39 bits per heavy atom. The van der Waals surface area contributed by atoms with E-state index in [-0.39, 0.29) is 29.7 Å². The van der Waals surface area contributed by atoms with Gasteiger partial charge >= 0.3 is 0 Å². The number of anilines is 1. The number of carbonyl (C=O) groups is 2. The lowest BCUT2D eigenvalue weighted by molar-refractivity contribution is -0.132. The molecule has 1 saturated carbocycles. The number of thiazole rings is 1. The lowest BCUT2D eigenvalue weighted by Gasteiger charge is -2.27. The Hall–Kier alpha value is -1.27. The lowest BCUT2D eigenvalue weighted by Crippen LogP contribution is -2.46. The minimum Gasteiger partial charge on any atom is -0.323 e. The highest BCUT2D eigenvalue weighted by Gasteiger charge is 2.46. The number of nitrogens with two attached hydrogens (primary N) is 1. The van der Waals surface area contributed by atoms with Crippen LogP contribution in [0.3, 0.4) is 0 Å². The van der Waals surface area contributed by atoms with Crippen molar-refractivity contribution in [3.8, 4) is 0 Å². The van der Waals surface area contributed by atoms with Gasteiger partial charge in [0.25, 0.3) is 0 Å². The van der Waals surface area contributed by atoms with Gasteiger partial charge in [0.2, 0.25) is 11.8 Å². The van der Waals surface area contributed by atoms with E-state index in [2.05, 4.69) is 4.98 Å². The van der Waals surface area contributed by atoms with Crippen molar-refractivity contribution in [3.05, 3.63) is 11.1 Å². The summed E-state index contributed by atoms with van der Waals surface area (Å²) in [4.78, 5) is 30.0. The summed E-state index contributed by atoms with van der Waals surface area (Å²) < 4.78 is 0. The van der Waals surface area contributed by atoms with Gasteiger partial charge in [0.15, 0.2) is 5.13 Å². The summed E-state index contributed by atoms with van der Waals surface area (Å²) in [5.74, 6) is -0.149. The number of fused-ring (bicyclic) bond motifs is 2. The van der Waals surface area contributed by atoms with Crippen LogP contribution in [0.25, 0.3) is 0 Å². The first-order chi connectivity index (χ1) is 8.58. The smallest absolute Gasteiger partial charge is 0.238 e. The van der Waals surface area contributed by atoms with Gasteiger partial charge in [-0.3, -0.25) is 9.59 Å². The van der Waals surface area contributed by atoms with E-state index in [1.165, 1.54) is 16.2 Å². The monoisotopic (exact) mass is 265 g/mol. The molecular weight excluding hydrogens is 250 g/mol. The third-order valence-electron chi connectivity index (χ3n) is 3.74. The van der Waals surface area contributed by atoms with Crippen LogP contribution in [-0.2, 0) is 9.59 Å². The second-order valence-electron chi connectivity index (χ2n) is 5.06. The van der Waals surface area contributed by atoms with Crippen LogP contribution in [0.15, 0.2) is 5.38 Å². The molecule has 3 unspecified atom stereocenters. The molecule has 96 valence electrons. The first kappa shape index (κ1) is 11.8. The van der Waals surface area contributed by atoms with Gasteiger partial charge in [-0.05, 0) is 26.2 Å². The summed E-state index contributed by atoms with van der Waals surface area (Å²) in [5.41, 5.74) is 6.48. The van der Waals surface area contributed by atoms with Gasteiger partial charge in [-0.15, -0.1) is 11.3 Å². The number of nitrogens with zero attached hydrogens (tertiary/aromatic N) is 2. The molecule has 1 aromatic rings. The van der Waals surface area contributed by atoms with E-state index in [0.29, 0.717) is 5.13 Å². The number of piperidine rings is 1. The van der Waals surface area contributed by atoms with E-state index < -0.39 is 0 Å². The van der Waals surface area contributed by atoms with Crippen LogP contribution in [0.5, 0.6) is 0 Å². The maximum atomic E-state index is 12.2. The molecule has 2 amide bonds. The number of imide groups is 1. The Kier molecular flexibility index (Phi) is 2.71. The summed E-state index contributed by atoms with van der Waals surface area (Å²) in [6, 6.07) is -0.179. The largest absolute Gasteiger partial charge is 0.323 e. The molecular formula is C12H15N3O2S. The summed E-state index contributed by atoms with van der Waals surface area (Å²) in [6.45, 7) is 1.84. The fourth-order valence-corrected chi connectivity index (χ4v) is 3.62. The number of amides is 2. The lowest BCUT2D eigenvalue weighted by atomic mass is 9.98. The average Bonchev–Trinajstić information content (AvgIpc) is 2.95. The Morgan fingerprint density at radius 2 is 2.00 bits per heavy atom. The van der Waals surface area contributed by atoms with E-state index >= 15 is 0 Å². The molecule has 1 aromatic heterocycles. The van der Waals surface area contributed by atoms with Gasteiger partial charge in [0.05, 0.1) is 5.69 Å². The topological polar surface area (TPSA) is 76.3 Å². The summed E-state index contributed by atoms with van der Waals surface area (Å²) >= 11 is 1.32. The quantitative estimate of drug-likeness (QED) is 0.821. The molecule has 2 aliphatic rings. The maximum Gasteiger partial charge on any atom is 0.238 e. The SMILES string of the molecule is CC(N)c1csc(N2C(=O)C3CCC(C3)C2=O)n1. The highest BCUT2D eigenvalue weighted by atomic mass is 32.1. The van der Waals surface area contributed by atoms with Crippen molar-refractivity contribution in [2.45, 2.75) is 32.2 Å². The molecule has 3 atom stereocenters. The third-order valence-corrected chi connectivity index (χ3v) is 4.58. The second kappa shape index (κ2) is 4.13. The van der Waals surface area contributed by atoms with Crippen LogP contribution in [0.4, 0.5) is 5.13 Å². The average molecular weight is 265 g/mol. The van der Waals surface area contributed by atoms with Crippen molar-refractivity contribution >= 4 is 28.3 Å². The molecule has 5 nitrogen and oxygen atoms in total. The molecule has 6 heteroatoms. The highest BCUT2D eigenvalue weighted by Crippen LogP contribution is 2.40. The van der Waals surface area contributed by atoms with E-state index in [1.807, 2.05) is 12.3 Å². The van der Waals surface area contributed by atoms with Crippen molar-refractivity contribution in [2.24, 2.45) is 17.6 Å². The maximum absolute atomic E-state index is 12.2. The van der Waals surface area contributed by atoms with Gasteiger partial charge in [-0.1, -0.05) is 0 Å². The van der Waals surface area contributed by atoms with Crippen LogP contribution in [0.1, 0.15) is 37.9 Å². The Morgan fingerprint density at radius 3 is 2.50 bits per heavy atom. The number of hydrogen-bond donors (Lipinski definition) is 1. The van der Waals surface area contributed by atoms with Crippen molar-refractivity contribution in [1.82, 2.24) is 4.98 Å². The molecule has 1 aliphatic carbocycles. The van der Waals surface area contributed by atoms with Crippen LogP contribution in [0, 0.1) is 11.8 Å². The molecule has 2 heterocycles. The van der Waals surface area contributed by atoms with Gasteiger partial charge in [-0.25, -0.2) is 9.88 Å². The molecule has 0 spiro atoms. The summed E-state index contributed by atoms with van der Waals surface area (Å²) in [7, 11) is 0. The molecule has 2 bridgehead atoms. The zero-order valence-electron chi connectivity index (χ0n) is 10.1. The fraction of sp³-hybridized carbons (Fsp3) is 0.583. The van der Waals surface area contributed by atoms with Crippen LogP contribution >= 0.6 is 11.3 Å². The molecule has 3 rings (SSSR count). The molecule has 2 N–H and O–H groups in total. The van der Waals surface area contributed by atoms with Crippen molar-refractivity contribution in [1.29, 1.82) is 0 Å². The number of hydrogen-bond acceptors (Lipinski definition) is 5. The summed E-state index contributed by atoms with van der Waals surface area (Å²) in [5, 5.41) is 2.30. The van der Waals surface area contributed by atoms with Crippen molar-refractivity contribution in [3.63, 3.8) is 0 Å². The predicted molar refractivity (Wildman–Crippen MR) is 68.0 cm³/mol. The number of carbonyl (C=O) groups excluding carboxylic acids is 2. The molecule has 0 aromatic carbocycles. The minimum absolute atomic E-state index is 0.00958. The van der Waals surface area contributed by atoms with Crippen molar-refractivity contribution in [2.75, 3.05) is 4.90 Å². The van der Waals surface area contributed by atoms with Crippen LogP contribution < -0.4 is 10.6 Å². The van der Waals surface area contributed by atoms with Gasteiger partial charge in [0, 0.05) is 23.3 Å². The fourth-order valence-electron chi connectivity index (χ4n) is 2.68. The molecule has 2 fully saturated rings. The predicted octanol–water partition coefficient (Wildman–Crippen LogP) is 1.45. The highest BCUT2D eigenvalue weighted by molar-refractivity contribution is 7.14. The Labute approximate surface area is 109 Å². The van der Waals surface area contributed by atoms with Gasteiger partial charge < -0.3 is 5.73 Å². The molecule has 1 aliphatic heterocycles. The first-order valence-electron chi connectivity index (χ1n) is 6.16.